The van der Waals surface area contributed by atoms with Crippen LogP contribution in [0, 0.1) is 12.7 Å². The first-order valence-electron chi connectivity index (χ1n) is 7.32. The number of benzene rings is 2. The Morgan fingerprint density at radius 3 is 2.76 bits per heavy atom. The Hall–Kier alpha value is -2.44. The number of nitrogens with zero attached hydrogens (tertiary/aromatic N) is 1. The SMILES string of the molecule is Cc1ccc(Cl)c(OC(=O)c2csc(COc3ccc(F)cc3)n2)c1. The van der Waals surface area contributed by atoms with Crippen molar-refractivity contribution in [1.82, 2.24) is 4.98 Å². The average molecular weight is 378 g/mol. The van der Waals surface area contributed by atoms with Gasteiger partial charge in [-0.15, -0.1) is 11.3 Å². The van der Waals surface area contributed by atoms with Crippen LogP contribution < -0.4 is 9.47 Å². The summed E-state index contributed by atoms with van der Waals surface area (Å²) < 4.78 is 23.6. The van der Waals surface area contributed by atoms with Gasteiger partial charge in [-0.1, -0.05) is 17.7 Å². The molecule has 1 aromatic heterocycles. The molecular weight excluding hydrogens is 365 g/mol. The molecule has 0 spiro atoms. The van der Waals surface area contributed by atoms with Gasteiger partial charge >= 0.3 is 5.97 Å². The maximum atomic E-state index is 12.8. The highest BCUT2D eigenvalue weighted by Crippen LogP contribution is 2.26. The van der Waals surface area contributed by atoms with Crippen LogP contribution in [0.1, 0.15) is 21.1 Å². The highest BCUT2D eigenvalue weighted by Gasteiger charge is 2.15. The van der Waals surface area contributed by atoms with E-state index < -0.39 is 5.97 Å². The quantitative estimate of drug-likeness (QED) is 0.461. The molecule has 0 aliphatic heterocycles. The van der Waals surface area contributed by atoms with Gasteiger partial charge in [0.1, 0.15) is 28.9 Å². The number of thiazole rings is 1. The second-order valence-electron chi connectivity index (χ2n) is 5.19. The molecule has 4 nitrogen and oxygen atoms in total. The third-order valence-electron chi connectivity index (χ3n) is 3.23. The zero-order chi connectivity index (χ0) is 17.8. The van der Waals surface area contributed by atoms with Crippen molar-refractivity contribution in [2.75, 3.05) is 0 Å². The molecule has 0 atom stereocenters. The standard InChI is InChI=1S/C18H13ClFNO3S/c1-11-2-7-14(19)16(8-11)24-18(22)15-10-25-17(21-15)9-23-13-5-3-12(20)4-6-13/h2-8,10H,9H2,1H3. The fourth-order valence-corrected chi connectivity index (χ4v) is 2.82. The first-order chi connectivity index (χ1) is 12.0. The van der Waals surface area contributed by atoms with Gasteiger partial charge in [-0.05, 0) is 48.9 Å². The second kappa shape index (κ2) is 7.63. The summed E-state index contributed by atoms with van der Waals surface area (Å²) in [5, 5.41) is 2.55. The lowest BCUT2D eigenvalue weighted by Crippen LogP contribution is -2.09. The van der Waals surface area contributed by atoms with Gasteiger partial charge in [0.05, 0.1) is 5.02 Å². The minimum atomic E-state index is -0.586. The first-order valence-corrected chi connectivity index (χ1v) is 8.58. The molecule has 0 aliphatic carbocycles. The predicted octanol–water partition coefficient (Wildman–Crippen LogP) is 5.04. The molecule has 128 valence electrons. The van der Waals surface area contributed by atoms with Crippen LogP contribution in [-0.2, 0) is 6.61 Å². The maximum Gasteiger partial charge on any atom is 0.363 e. The number of ether oxygens (including phenoxy) is 2. The van der Waals surface area contributed by atoms with E-state index in [2.05, 4.69) is 4.98 Å². The van der Waals surface area contributed by atoms with E-state index in [9.17, 15) is 9.18 Å². The van der Waals surface area contributed by atoms with Gasteiger partial charge in [0.15, 0.2) is 5.69 Å². The minimum Gasteiger partial charge on any atom is -0.486 e. The summed E-state index contributed by atoms with van der Waals surface area (Å²) in [5.74, 6) is -0.103. The number of hydrogen-bond donors (Lipinski definition) is 0. The molecule has 2 aromatic carbocycles. The Balaban J connectivity index is 1.63. The highest BCUT2D eigenvalue weighted by molar-refractivity contribution is 7.09. The Morgan fingerprint density at radius 2 is 2.00 bits per heavy atom. The molecule has 25 heavy (non-hydrogen) atoms. The molecule has 3 rings (SSSR count). The first kappa shape index (κ1) is 17.4. The van der Waals surface area contributed by atoms with Crippen LogP contribution in [0.15, 0.2) is 47.8 Å². The van der Waals surface area contributed by atoms with Gasteiger partial charge in [0.25, 0.3) is 0 Å². The molecule has 1 heterocycles. The fourth-order valence-electron chi connectivity index (χ4n) is 1.99. The largest absolute Gasteiger partial charge is 0.486 e. The maximum absolute atomic E-state index is 12.8. The van der Waals surface area contributed by atoms with Gasteiger partial charge in [-0.25, -0.2) is 14.2 Å². The summed E-state index contributed by atoms with van der Waals surface area (Å²) in [6.07, 6.45) is 0. The zero-order valence-corrected chi connectivity index (χ0v) is 14.7. The number of hydrogen-bond acceptors (Lipinski definition) is 5. The Labute approximate surface area is 152 Å². The smallest absolute Gasteiger partial charge is 0.363 e. The molecule has 3 aromatic rings. The van der Waals surface area contributed by atoms with Crippen molar-refractivity contribution in [2.45, 2.75) is 13.5 Å². The molecule has 0 saturated carbocycles. The molecule has 7 heteroatoms. The van der Waals surface area contributed by atoms with Crippen molar-refractivity contribution in [2.24, 2.45) is 0 Å². The molecule has 0 amide bonds. The van der Waals surface area contributed by atoms with E-state index in [1.807, 2.05) is 13.0 Å². The Morgan fingerprint density at radius 1 is 1.24 bits per heavy atom. The van der Waals surface area contributed by atoms with E-state index in [0.29, 0.717) is 21.5 Å². The van der Waals surface area contributed by atoms with Crippen molar-refractivity contribution in [3.05, 3.63) is 74.9 Å². The molecule has 0 bridgehead atoms. The number of carbonyl (C=O) groups excluding carboxylic acids is 1. The van der Waals surface area contributed by atoms with Crippen LogP contribution in [0.5, 0.6) is 11.5 Å². The monoisotopic (exact) mass is 377 g/mol. The molecule has 0 fully saturated rings. The molecular formula is C18H13ClFNO3S. The van der Waals surface area contributed by atoms with Gasteiger partial charge < -0.3 is 9.47 Å². The lowest BCUT2D eigenvalue weighted by Gasteiger charge is -2.05. The van der Waals surface area contributed by atoms with Crippen LogP contribution in [-0.4, -0.2) is 11.0 Å². The summed E-state index contributed by atoms with van der Waals surface area (Å²) in [5.41, 5.74) is 1.11. The van der Waals surface area contributed by atoms with Crippen LogP contribution in [0.4, 0.5) is 4.39 Å². The number of aryl methyl sites for hydroxylation is 1. The lowest BCUT2D eigenvalue weighted by atomic mass is 10.2. The van der Waals surface area contributed by atoms with Crippen LogP contribution >= 0.6 is 22.9 Å². The van der Waals surface area contributed by atoms with Gasteiger partial charge in [-0.3, -0.25) is 0 Å². The third kappa shape index (κ3) is 4.55. The van der Waals surface area contributed by atoms with Gasteiger partial charge in [0, 0.05) is 5.38 Å². The molecule has 0 unspecified atom stereocenters. The van der Waals surface area contributed by atoms with E-state index in [1.54, 1.807) is 17.5 Å². The van der Waals surface area contributed by atoms with Crippen molar-refractivity contribution in [3.8, 4) is 11.5 Å². The van der Waals surface area contributed by atoms with Crippen LogP contribution in [0.2, 0.25) is 5.02 Å². The molecule has 0 aliphatic rings. The zero-order valence-electron chi connectivity index (χ0n) is 13.2. The van der Waals surface area contributed by atoms with Crippen LogP contribution in [0.3, 0.4) is 0 Å². The van der Waals surface area contributed by atoms with E-state index >= 15 is 0 Å². The minimum absolute atomic E-state index is 0.175. The number of carbonyl (C=O) groups is 1. The van der Waals surface area contributed by atoms with Crippen molar-refractivity contribution in [1.29, 1.82) is 0 Å². The fraction of sp³-hybridized carbons (Fsp3) is 0.111. The molecule has 0 saturated heterocycles. The highest BCUT2D eigenvalue weighted by atomic mass is 35.5. The van der Waals surface area contributed by atoms with E-state index in [1.165, 1.54) is 35.6 Å². The molecule has 0 radical (unpaired) electrons. The van der Waals surface area contributed by atoms with Gasteiger partial charge in [-0.2, -0.15) is 0 Å². The summed E-state index contributed by atoms with van der Waals surface area (Å²) in [6, 6.07) is 10.9. The number of halogens is 2. The van der Waals surface area contributed by atoms with Crippen LogP contribution in [0.25, 0.3) is 0 Å². The summed E-state index contributed by atoms with van der Waals surface area (Å²) in [7, 11) is 0. The van der Waals surface area contributed by atoms with E-state index in [-0.39, 0.29) is 18.1 Å². The number of esters is 1. The lowest BCUT2D eigenvalue weighted by molar-refractivity contribution is 0.0729. The van der Waals surface area contributed by atoms with Crippen molar-refractivity contribution >= 4 is 28.9 Å². The predicted molar refractivity (Wildman–Crippen MR) is 94.0 cm³/mol. The summed E-state index contributed by atoms with van der Waals surface area (Å²) in [4.78, 5) is 16.4. The number of aromatic nitrogens is 1. The summed E-state index contributed by atoms with van der Waals surface area (Å²) in [6.45, 7) is 2.05. The Kier molecular flexibility index (Phi) is 5.31. The second-order valence-corrected chi connectivity index (χ2v) is 6.54. The van der Waals surface area contributed by atoms with E-state index in [4.69, 9.17) is 21.1 Å². The average Bonchev–Trinajstić information content (AvgIpc) is 3.07. The normalized spacial score (nSPS) is 10.5. The topological polar surface area (TPSA) is 48.4 Å². The Bertz CT molecular complexity index is 896. The van der Waals surface area contributed by atoms with Crippen molar-refractivity contribution in [3.63, 3.8) is 0 Å². The van der Waals surface area contributed by atoms with E-state index in [0.717, 1.165) is 5.56 Å². The van der Waals surface area contributed by atoms with Gasteiger partial charge in [0.2, 0.25) is 0 Å². The third-order valence-corrected chi connectivity index (χ3v) is 4.36. The summed E-state index contributed by atoms with van der Waals surface area (Å²) >= 11 is 7.29. The van der Waals surface area contributed by atoms with Crippen molar-refractivity contribution < 1.29 is 18.7 Å². The molecule has 0 N–H and O–H groups in total. The number of rotatable bonds is 5.